The van der Waals surface area contributed by atoms with Gasteiger partial charge in [-0.2, -0.15) is 8.42 Å². The molecule has 0 aliphatic carbocycles. The summed E-state index contributed by atoms with van der Waals surface area (Å²) in [5.41, 5.74) is 0.886. The van der Waals surface area contributed by atoms with Gasteiger partial charge in [0.05, 0.1) is 0 Å². The lowest BCUT2D eigenvalue weighted by Gasteiger charge is -1.89. The minimum Gasteiger partial charge on any atom is -0.185 e. The molecular weight excluding hydrogens is 160 g/mol. The Morgan fingerprint density at radius 1 is 1.09 bits per heavy atom. The molecule has 1 aromatic carbocycles. The molecule has 0 amide bonds. The van der Waals surface area contributed by atoms with Gasteiger partial charge in [0.15, 0.2) is 0 Å². The summed E-state index contributed by atoms with van der Waals surface area (Å²) >= 11 is 0. The van der Waals surface area contributed by atoms with Crippen molar-refractivity contribution in [3.63, 3.8) is 0 Å². The van der Waals surface area contributed by atoms with Crippen molar-refractivity contribution in [3.05, 3.63) is 42.3 Å². The molecule has 1 radical (unpaired) electrons. The molecule has 0 spiro atoms. The number of benzene rings is 1. The highest BCUT2D eigenvalue weighted by molar-refractivity contribution is 7.71. The average molecular weight is 167 g/mol. The van der Waals surface area contributed by atoms with Gasteiger partial charge in [-0.15, -0.1) is 0 Å². The van der Waals surface area contributed by atoms with Crippen LogP contribution in [0.2, 0.25) is 0 Å². The Labute approximate surface area is 67.0 Å². The molecule has 11 heavy (non-hydrogen) atoms. The van der Waals surface area contributed by atoms with E-state index in [1.165, 1.54) is 0 Å². The standard InChI is InChI=1S/C8H7O2S/c9-11(10)7-6-8-4-2-1-3-5-8/h1-7H. The predicted octanol–water partition coefficient (Wildman–Crippen LogP) is 0.920. The summed E-state index contributed by atoms with van der Waals surface area (Å²) in [6.07, 6.45) is 1.54. The molecule has 0 saturated carbocycles. The highest BCUT2D eigenvalue weighted by atomic mass is 32.2. The lowest BCUT2D eigenvalue weighted by atomic mass is 10.2. The number of hydrogen-bond donors (Lipinski definition) is 0. The minimum absolute atomic E-state index is 0.886. The molecule has 1 aromatic rings. The highest BCUT2D eigenvalue weighted by Gasteiger charge is 1.86. The van der Waals surface area contributed by atoms with Crippen LogP contribution in [0, 0.1) is 6.42 Å². The summed E-state index contributed by atoms with van der Waals surface area (Å²) in [7, 11) is -2.10. The van der Waals surface area contributed by atoms with Gasteiger partial charge in [0.25, 0.3) is 0 Å². The zero-order chi connectivity index (χ0) is 8.10. The Balaban J connectivity index is 2.74. The van der Waals surface area contributed by atoms with Crippen LogP contribution in [0.15, 0.2) is 30.3 Å². The summed E-state index contributed by atoms with van der Waals surface area (Å²) in [6.45, 7) is 0. The maximum absolute atomic E-state index is 10.1. The van der Waals surface area contributed by atoms with E-state index in [1.54, 1.807) is 6.42 Å². The molecule has 0 bridgehead atoms. The third kappa shape index (κ3) is 3.00. The van der Waals surface area contributed by atoms with Gasteiger partial charge in [0.2, 0.25) is 10.3 Å². The lowest BCUT2D eigenvalue weighted by Crippen LogP contribution is -1.81. The van der Waals surface area contributed by atoms with Crippen LogP contribution in [0.5, 0.6) is 0 Å². The van der Waals surface area contributed by atoms with Crippen LogP contribution in [0.4, 0.5) is 0 Å². The fourth-order valence-corrected chi connectivity index (χ4v) is 0.967. The van der Waals surface area contributed by atoms with Crippen molar-refractivity contribution < 1.29 is 8.42 Å². The summed E-state index contributed by atoms with van der Waals surface area (Å²) in [5, 5.41) is 1.12. The van der Waals surface area contributed by atoms with Gasteiger partial charge in [-0.3, -0.25) is 0 Å². The largest absolute Gasteiger partial charge is 0.210 e. The van der Waals surface area contributed by atoms with E-state index in [1.807, 2.05) is 30.3 Å². The molecule has 0 aliphatic heterocycles. The SMILES string of the molecule is O=S(=O)=C[CH]c1ccccc1. The monoisotopic (exact) mass is 167 g/mol. The quantitative estimate of drug-likeness (QED) is 0.614. The molecule has 2 nitrogen and oxygen atoms in total. The Morgan fingerprint density at radius 3 is 2.27 bits per heavy atom. The Kier molecular flexibility index (Phi) is 2.86. The first-order valence-electron chi connectivity index (χ1n) is 3.10. The second kappa shape index (κ2) is 3.93. The molecule has 0 atom stereocenters. The maximum Gasteiger partial charge on any atom is 0.210 e. The van der Waals surface area contributed by atoms with E-state index in [4.69, 9.17) is 0 Å². The topological polar surface area (TPSA) is 34.1 Å². The van der Waals surface area contributed by atoms with Crippen LogP contribution >= 0.6 is 0 Å². The van der Waals surface area contributed by atoms with Gasteiger partial charge in [-0.05, 0) is 5.56 Å². The number of rotatable bonds is 2. The van der Waals surface area contributed by atoms with E-state index >= 15 is 0 Å². The third-order valence-electron chi connectivity index (χ3n) is 1.17. The van der Waals surface area contributed by atoms with Crippen molar-refractivity contribution in [3.8, 4) is 0 Å². The smallest absolute Gasteiger partial charge is 0.185 e. The fraction of sp³-hybridized carbons (Fsp3) is 0. The van der Waals surface area contributed by atoms with Crippen molar-refractivity contribution in [2.45, 2.75) is 0 Å². The van der Waals surface area contributed by atoms with E-state index in [-0.39, 0.29) is 0 Å². The van der Waals surface area contributed by atoms with Crippen molar-refractivity contribution in [1.82, 2.24) is 0 Å². The lowest BCUT2D eigenvalue weighted by molar-refractivity contribution is 0.627. The average Bonchev–Trinajstić information content (AvgIpc) is 2.03. The molecule has 0 aliphatic rings. The molecule has 1 rings (SSSR count). The van der Waals surface area contributed by atoms with E-state index in [0.29, 0.717) is 0 Å². The summed E-state index contributed by atoms with van der Waals surface area (Å²) in [4.78, 5) is 0. The zero-order valence-electron chi connectivity index (χ0n) is 5.77. The normalized spacial score (nSPS) is 9.09. The number of hydrogen-bond acceptors (Lipinski definition) is 2. The first kappa shape index (κ1) is 8.01. The van der Waals surface area contributed by atoms with Gasteiger partial charge < -0.3 is 0 Å². The first-order valence-corrected chi connectivity index (χ1v) is 4.24. The second-order valence-electron chi connectivity index (χ2n) is 1.97. The molecular formula is C8H7O2S. The van der Waals surface area contributed by atoms with E-state index in [0.717, 1.165) is 10.9 Å². The van der Waals surface area contributed by atoms with Crippen molar-refractivity contribution >= 4 is 15.7 Å². The molecule has 0 saturated heterocycles. The Hall–Kier alpha value is -1.09. The van der Waals surface area contributed by atoms with Crippen LogP contribution in [-0.2, 0) is 10.3 Å². The van der Waals surface area contributed by atoms with Gasteiger partial charge in [0, 0.05) is 11.8 Å². The van der Waals surface area contributed by atoms with Crippen molar-refractivity contribution in [2.75, 3.05) is 0 Å². The van der Waals surface area contributed by atoms with E-state index < -0.39 is 10.3 Å². The molecule has 0 fully saturated rings. The molecule has 0 unspecified atom stereocenters. The highest BCUT2D eigenvalue weighted by Crippen LogP contribution is 1.98. The molecule has 0 aromatic heterocycles. The van der Waals surface area contributed by atoms with Crippen molar-refractivity contribution in [1.29, 1.82) is 0 Å². The predicted molar refractivity (Wildman–Crippen MR) is 44.8 cm³/mol. The van der Waals surface area contributed by atoms with Crippen LogP contribution in [-0.4, -0.2) is 13.8 Å². The fourth-order valence-electron chi connectivity index (χ4n) is 0.698. The van der Waals surface area contributed by atoms with E-state index in [9.17, 15) is 8.42 Å². The van der Waals surface area contributed by atoms with Gasteiger partial charge in [-0.25, -0.2) is 0 Å². The minimum atomic E-state index is -2.10. The van der Waals surface area contributed by atoms with Gasteiger partial charge in [-0.1, -0.05) is 30.3 Å². The Morgan fingerprint density at radius 2 is 1.73 bits per heavy atom. The maximum atomic E-state index is 10.1. The summed E-state index contributed by atoms with van der Waals surface area (Å²) in [5.74, 6) is 0. The van der Waals surface area contributed by atoms with Gasteiger partial charge in [0.1, 0.15) is 0 Å². The van der Waals surface area contributed by atoms with Crippen LogP contribution in [0.25, 0.3) is 0 Å². The molecule has 0 heterocycles. The van der Waals surface area contributed by atoms with Gasteiger partial charge >= 0.3 is 0 Å². The molecule has 3 heteroatoms. The first-order chi connectivity index (χ1) is 5.29. The zero-order valence-corrected chi connectivity index (χ0v) is 6.58. The third-order valence-corrected chi connectivity index (χ3v) is 1.53. The summed E-state index contributed by atoms with van der Waals surface area (Å²) < 4.78 is 20.2. The summed E-state index contributed by atoms with van der Waals surface area (Å²) in [6, 6.07) is 9.26. The van der Waals surface area contributed by atoms with E-state index in [2.05, 4.69) is 0 Å². The Bertz CT molecular complexity index is 330. The van der Waals surface area contributed by atoms with Crippen molar-refractivity contribution in [2.24, 2.45) is 0 Å². The van der Waals surface area contributed by atoms with Crippen LogP contribution in [0.3, 0.4) is 0 Å². The van der Waals surface area contributed by atoms with Crippen LogP contribution < -0.4 is 0 Å². The van der Waals surface area contributed by atoms with Crippen LogP contribution in [0.1, 0.15) is 5.56 Å². The second-order valence-corrected chi connectivity index (χ2v) is 2.77. The molecule has 57 valence electrons. The molecule has 0 N–H and O–H groups in total.